The second kappa shape index (κ2) is 9.13. The molecule has 30 heavy (non-hydrogen) atoms. The largest absolute Gasteiger partial charge is 0.341 e. The molecule has 4 rings (SSSR count). The van der Waals surface area contributed by atoms with Crippen molar-refractivity contribution in [1.82, 2.24) is 29.8 Å². The van der Waals surface area contributed by atoms with E-state index in [4.69, 9.17) is 4.52 Å². The molecule has 3 aromatic heterocycles. The molecular formula is C22H22N6O2. The van der Waals surface area contributed by atoms with Gasteiger partial charge < -0.3 is 9.42 Å². The minimum absolute atomic E-state index is 0.00877. The number of carbonyl (C=O) groups is 1. The van der Waals surface area contributed by atoms with E-state index in [1.54, 1.807) is 30.5 Å². The van der Waals surface area contributed by atoms with Gasteiger partial charge in [0, 0.05) is 56.2 Å². The molecular weight excluding hydrogens is 380 g/mol. The van der Waals surface area contributed by atoms with Gasteiger partial charge in [-0.25, -0.2) is 0 Å². The Bertz CT molecular complexity index is 1090. The molecule has 0 spiro atoms. The molecule has 0 N–H and O–H groups in total. The van der Waals surface area contributed by atoms with E-state index in [0.29, 0.717) is 37.6 Å². The topological polar surface area (TPSA) is 89.9 Å². The van der Waals surface area contributed by atoms with E-state index in [1.165, 1.54) is 5.56 Å². The molecule has 8 nitrogen and oxygen atoms in total. The number of hydrogen-bond donors (Lipinski definition) is 0. The van der Waals surface area contributed by atoms with Gasteiger partial charge in [0.15, 0.2) is 0 Å². The highest BCUT2D eigenvalue weighted by Gasteiger charge is 2.14. The van der Waals surface area contributed by atoms with E-state index in [-0.39, 0.29) is 5.91 Å². The lowest BCUT2D eigenvalue weighted by atomic mass is 10.2. The molecule has 152 valence electrons. The highest BCUT2D eigenvalue weighted by molar-refractivity contribution is 5.76. The lowest BCUT2D eigenvalue weighted by Gasteiger charge is -2.15. The lowest BCUT2D eigenvalue weighted by Crippen LogP contribution is -2.26. The van der Waals surface area contributed by atoms with Gasteiger partial charge in [-0.05, 0) is 17.7 Å². The SMILES string of the molecule is CN(Cc1cnn(Cc2ccccc2)c1)C(=O)CCc1nc(-c2ccncc2)no1. The number of carbonyl (C=O) groups excluding carboxylic acids is 1. The number of pyridine rings is 1. The van der Waals surface area contributed by atoms with Gasteiger partial charge in [0.25, 0.3) is 0 Å². The van der Waals surface area contributed by atoms with E-state index in [9.17, 15) is 4.79 Å². The molecule has 0 aliphatic heterocycles. The van der Waals surface area contributed by atoms with Gasteiger partial charge in [0.2, 0.25) is 17.6 Å². The molecule has 0 saturated heterocycles. The van der Waals surface area contributed by atoms with Crippen LogP contribution >= 0.6 is 0 Å². The van der Waals surface area contributed by atoms with Gasteiger partial charge in [-0.2, -0.15) is 10.1 Å². The Morgan fingerprint density at radius 1 is 1.10 bits per heavy atom. The molecule has 1 amide bonds. The van der Waals surface area contributed by atoms with Crippen LogP contribution in [0.5, 0.6) is 0 Å². The fraction of sp³-hybridized carbons (Fsp3) is 0.227. The van der Waals surface area contributed by atoms with Crippen molar-refractivity contribution in [2.24, 2.45) is 0 Å². The Kier molecular flexibility index (Phi) is 5.93. The quantitative estimate of drug-likeness (QED) is 0.450. The van der Waals surface area contributed by atoms with Crippen molar-refractivity contribution in [2.75, 3.05) is 7.05 Å². The molecule has 0 aliphatic carbocycles. The van der Waals surface area contributed by atoms with E-state index >= 15 is 0 Å². The zero-order valence-electron chi connectivity index (χ0n) is 16.7. The minimum Gasteiger partial charge on any atom is -0.341 e. The second-order valence-electron chi connectivity index (χ2n) is 7.03. The average molecular weight is 402 g/mol. The first-order chi connectivity index (χ1) is 14.7. The standard InChI is InChI=1S/C22H22N6O2/c1-27(14-18-13-24-28(16-18)15-17-5-3-2-4-6-17)21(29)8-7-20-25-22(26-30-20)19-9-11-23-12-10-19/h2-6,9-13,16H,7-8,14-15H2,1H3. The van der Waals surface area contributed by atoms with E-state index < -0.39 is 0 Å². The number of benzene rings is 1. The maximum Gasteiger partial charge on any atom is 0.227 e. The number of hydrogen-bond acceptors (Lipinski definition) is 6. The molecule has 8 heteroatoms. The van der Waals surface area contributed by atoms with Crippen LogP contribution in [0.3, 0.4) is 0 Å². The smallest absolute Gasteiger partial charge is 0.227 e. The van der Waals surface area contributed by atoms with Crippen molar-refractivity contribution in [3.05, 3.63) is 84.3 Å². The monoisotopic (exact) mass is 402 g/mol. The van der Waals surface area contributed by atoms with Crippen LogP contribution in [0.25, 0.3) is 11.4 Å². The van der Waals surface area contributed by atoms with Crippen molar-refractivity contribution in [2.45, 2.75) is 25.9 Å². The van der Waals surface area contributed by atoms with Crippen molar-refractivity contribution < 1.29 is 9.32 Å². The molecule has 0 fully saturated rings. The average Bonchev–Trinajstić information content (AvgIpc) is 3.43. The Morgan fingerprint density at radius 3 is 2.70 bits per heavy atom. The van der Waals surface area contributed by atoms with E-state index in [1.807, 2.05) is 41.2 Å². The summed E-state index contributed by atoms with van der Waals surface area (Å²) in [7, 11) is 1.78. The van der Waals surface area contributed by atoms with Crippen molar-refractivity contribution in [1.29, 1.82) is 0 Å². The predicted octanol–water partition coefficient (Wildman–Crippen LogP) is 2.97. The van der Waals surface area contributed by atoms with Gasteiger partial charge in [0.05, 0.1) is 12.7 Å². The molecule has 0 saturated carbocycles. The number of amides is 1. The number of aryl methyl sites for hydroxylation is 1. The Morgan fingerprint density at radius 2 is 1.90 bits per heavy atom. The Hall–Kier alpha value is -3.81. The maximum absolute atomic E-state index is 12.5. The molecule has 0 unspecified atom stereocenters. The third-order valence-corrected chi connectivity index (χ3v) is 4.68. The first kappa shape index (κ1) is 19.5. The normalized spacial score (nSPS) is 10.8. The van der Waals surface area contributed by atoms with Crippen molar-refractivity contribution in [3.8, 4) is 11.4 Å². The van der Waals surface area contributed by atoms with Crippen LogP contribution < -0.4 is 0 Å². The van der Waals surface area contributed by atoms with Crippen LogP contribution in [0.4, 0.5) is 0 Å². The van der Waals surface area contributed by atoms with Crippen molar-refractivity contribution >= 4 is 5.91 Å². The number of aromatic nitrogens is 5. The molecule has 0 bridgehead atoms. The summed E-state index contributed by atoms with van der Waals surface area (Å²) in [4.78, 5) is 22.5. The Balaban J connectivity index is 1.28. The summed E-state index contributed by atoms with van der Waals surface area (Å²) in [5.74, 6) is 0.952. The van der Waals surface area contributed by atoms with Gasteiger partial charge in [-0.1, -0.05) is 35.5 Å². The van der Waals surface area contributed by atoms with E-state index in [2.05, 4.69) is 32.4 Å². The van der Waals surface area contributed by atoms with Crippen LogP contribution in [-0.2, 0) is 24.3 Å². The molecule has 0 radical (unpaired) electrons. The highest BCUT2D eigenvalue weighted by atomic mass is 16.5. The maximum atomic E-state index is 12.5. The van der Waals surface area contributed by atoms with Gasteiger partial charge in [-0.15, -0.1) is 0 Å². The lowest BCUT2D eigenvalue weighted by molar-refractivity contribution is -0.130. The third-order valence-electron chi connectivity index (χ3n) is 4.68. The molecule has 3 heterocycles. The fourth-order valence-electron chi connectivity index (χ4n) is 3.09. The summed E-state index contributed by atoms with van der Waals surface area (Å²) >= 11 is 0. The summed E-state index contributed by atoms with van der Waals surface area (Å²) in [5.41, 5.74) is 3.00. The predicted molar refractivity (Wildman–Crippen MR) is 110 cm³/mol. The minimum atomic E-state index is 0.00877. The van der Waals surface area contributed by atoms with Gasteiger partial charge in [-0.3, -0.25) is 14.5 Å². The molecule has 1 aromatic carbocycles. The van der Waals surface area contributed by atoms with E-state index in [0.717, 1.165) is 11.1 Å². The molecule has 0 atom stereocenters. The van der Waals surface area contributed by atoms with Crippen LogP contribution in [0.1, 0.15) is 23.4 Å². The number of rotatable bonds is 8. The Labute approximate surface area is 174 Å². The first-order valence-electron chi connectivity index (χ1n) is 9.69. The summed E-state index contributed by atoms with van der Waals surface area (Å²) in [6, 6.07) is 13.8. The van der Waals surface area contributed by atoms with Crippen LogP contribution in [0, 0.1) is 0 Å². The highest BCUT2D eigenvalue weighted by Crippen LogP contribution is 2.15. The summed E-state index contributed by atoms with van der Waals surface area (Å²) < 4.78 is 7.14. The summed E-state index contributed by atoms with van der Waals surface area (Å²) in [5, 5.41) is 8.35. The van der Waals surface area contributed by atoms with Crippen LogP contribution in [-0.4, -0.2) is 42.8 Å². The van der Waals surface area contributed by atoms with Crippen LogP contribution in [0.2, 0.25) is 0 Å². The van der Waals surface area contributed by atoms with Gasteiger partial charge in [0.1, 0.15) is 0 Å². The zero-order chi connectivity index (χ0) is 20.8. The number of nitrogens with zero attached hydrogens (tertiary/aromatic N) is 6. The van der Waals surface area contributed by atoms with Crippen LogP contribution in [0.15, 0.2) is 71.8 Å². The first-order valence-corrected chi connectivity index (χ1v) is 9.69. The van der Waals surface area contributed by atoms with Gasteiger partial charge >= 0.3 is 0 Å². The summed E-state index contributed by atoms with van der Waals surface area (Å²) in [6.07, 6.45) is 7.81. The third kappa shape index (κ3) is 4.96. The second-order valence-corrected chi connectivity index (χ2v) is 7.03. The fourth-order valence-corrected chi connectivity index (χ4v) is 3.09. The van der Waals surface area contributed by atoms with Crippen molar-refractivity contribution in [3.63, 3.8) is 0 Å². The zero-order valence-corrected chi connectivity index (χ0v) is 16.7. The summed E-state index contributed by atoms with van der Waals surface area (Å²) in [6.45, 7) is 1.20. The molecule has 0 aliphatic rings. The molecule has 4 aromatic rings.